The van der Waals surface area contributed by atoms with E-state index in [0.29, 0.717) is 13.2 Å². The van der Waals surface area contributed by atoms with Crippen LogP contribution in [0.25, 0.3) is 0 Å². The Morgan fingerprint density at radius 2 is 2.00 bits per heavy atom. The van der Waals surface area contributed by atoms with Crippen molar-refractivity contribution >= 4 is 11.9 Å². The Kier molecular flexibility index (Phi) is 6.02. The van der Waals surface area contributed by atoms with Gasteiger partial charge in [0.15, 0.2) is 6.61 Å². The number of hydrogen-bond donors (Lipinski definition) is 0. The van der Waals surface area contributed by atoms with E-state index in [1.165, 1.54) is 0 Å². The fourth-order valence-corrected chi connectivity index (χ4v) is 2.43. The average molecular weight is 319 g/mol. The average Bonchev–Trinajstić information content (AvgIpc) is 3.33. The minimum absolute atomic E-state index is 0.00359. The number of esters is 1. The first-order chi connectivity index (χ1) is 11.0. The predicted molar refractivity (Wildman–Crippen MR) is 87.4 cm³/mol. The van der Waals surface area contributed by atoms with Crippen molar-refractivity contribution in [3.8, 4) is 5.75 Å². The summed E-state index contributed by atoms with van der Waals surface area (Å²) in [5, 5.41) is 0. The lowest BCUT2D eigenvalue weighted by Gasteiger charge is -2.22. The Morgan fingerprint density at radius 3 is 2.65 bits per heavy atom. The molecule has 1 amide bonds. The maximum Gasteiger partial charge on any atom is 0.307 e. The van der Waals surface area contributed by atoms with Crippen LogP contribution in [0.4, 0.5) is 0 Å². The minimum atomic E-state index is -0.263. The molecule has 1 aromatic carbocycles. The summed E-state index contributed by atoms with van der Waals surface area (Å²) < 4.78 is 10.6. The van der Waals surface area contributed by atoms with Crippen LogP contribution < -0.4 is 4.74 Å². The second-order valence-corrected chi connectivity index (χ2v) is 5.93. The summed E-state index contributed by atoms with van der Waals surface area (Å²) >= 11 is 0. The molecule has 0 unspecified atom stereocenters. The minimum Gasteiger partial charge on any atom is -0.483 e. The first-order valence-corrected chi connectivity index (χ1v) is 8.16. The molecule has 0 radical (unpaired) electrons. The predicted octanol–water partition coefficient (Wildman–Crippen LogP) is 2.63. The molecule has 126 valence electrons. The van der Waals surface area contributed by atoms with E-state index in [4.69, 9.17) is 9.47 Å². The van der Waals surface area contributed by atoms with Gasteiger partial charge in [-0.15, -0.1) is 0 Å². The van der Waals surface area contributed by atoms with Gasteiger partial charge in [0.25, 0.3) is 5.91 Å². The molecule has 0 bridgehead atoms. The normalized spacial score (nSPS) is 13.5. The lowest BCUT2D eigenvalue weighted by atomic mass is 10.1. The Hall–Kier alpha value is -2.04. The molecule has 0 atom stereocenters. The molecular weight excluding hydrogens is 294 g/mol. The van der Waals surface area contributed by atoms with Crippen molar-refractivity contribution in [3.63, 3.8) is 0 Å². The summed E-state index contributed by atoms with van der Waals surface area (Å²) in [7, 11) is 0. The maximum absolute atomic E-state index is 12.4. The van der Waals surface area contributed by atoms with Gasteiger partial charge in [-0.05, 0) is 50.8 Å². The number of rotatable bonds is 8. The van der Waals surface area contributed by atoms with E-state index in [-0.39, 0.29) is 30.9 Å². The summed E-state index contributed by atoms with van der Waals surface area (Å²) in [6, 6.07) is 6.18. The largest absolute Gasteiger partial charge is 0.483 e. The third kappa shape index (κ3) is 5.27. The zero-order chi connectivity index (χ0) is 16.8. The van der Waals surface area contributed by atoms with E-state index in [0.717, 1.165) is 29.7 Å². The van der Waals surface area contributed by atoms with E-state index < -0.39 is 0 Å². The molecule has 0 aromatic heterocycles. The fraction of sp³-hybridized carbons (Fsp3) is 0.556. The van der Waals surface area contributed by atoms with Gasteiger partial charge >= 0.3 is 5.97 Å². The summed E-state index contributed by atoms with van der Waals surface area (Å²) in [5.74, 6) is 0.401. The first kappa shape index (κ1) is 17.3. The van der Waals surface area contributed by atoms with Gasteiger partial charge in [0.2, 0.25) is 0 Å². The van der Waals surface area contributed by atoms with Crippen molar-refractivity contribution in [3.05, 3.63) is 29.3 Å². The Labute approximate surface area is 137 Å². The molecule has 1 fully saturated rings. The van der Waals surface area contributed by atoms with Gasteiger partial charge in [-0.25, -0.2) is 0 Å². The highest BCUT2D eigenvalue weighted by Crippen LogP contribution is 2.27. The third-order valence-corrected chi connectivity index (χ3v) is 3.86. The quantitative estimate of drug-likeness (QED) is 0.691. The molecule has 1 aromatic rings. The molecule has 0 N–H and O–H groups in total. The second-order valence-electron chi connectivity index (χ2n) is 5.93. The highest BCUT2D eigenvalue weighted by Gasteiger charge is 2.32. The molecule has 1 saturated carbocycles. The van der Waals surface area contributed by atoms with E-state index >= 15 is 0 Å². The van der Waals surface area contributed by atoms with Gasteiger partial charge in [0, 0.05) is 12.6 Å². The van der Waals surface area contributed by atoms with Crippen molar-refractivity contribution in [1.29, 1.82) is 0 Å². The fourth-order valence-electron chi connectivity index (χ4n) is 2.43. The van der Waals surface area contributed by atoms with Crippen LogP contribution in [0.3, 0.4) is 0 Å². The van der Waals surface area contributed by atoms with Crippen LogP contribution in [0.15, 0.2) is 18.2 Å². The van der Waals surface area contributed by atoms with Crippen LogP contribution in [-0.4, -0.2) is 42.6 Å². The third-order valence-electron chi connectivity index (χ3n) is 3.86. The van der Waals surface area contributed by atoms with Crippen LogP contribution >= 0.6 is 0 Å². The van der Waals surface area contributed by atoms with Crippen molar-refractivity contribution in [1.82, 2.24) is 4.90 Å². The van der Waals surface area contributed by atoms with Gasteiger partial charge < -0.3 is 14.4 Å². The number of benzene rings is 1. The molecule has 2 rings (SSSR count). The molecule has 1 aliphatic rings. The highest BCUT2D eigenvalue weighted by atomic mass is 16.5. The van der Waals surface area contributed by atoms with Crippen LogP contribution in [0.2, 0.25) is 0 Å². The summed E-state index contributed by atoms with van der Waals surface area (Å²) in [5.41, 5.74) is 2.10. The van der Waals surface area contributed by atoms with Crippen molar-refractivity contribution in [2.75, 3.05) is 19.8 Å². The Balaban J connectivity index is 1.88. The SMILES string of the molecule is CCOC(=O)CCN(C(=O)COc1cc(C)ccc1C)C1CC1. The number of ether oxygens (including phenoxy) is 2. The van der Waals surface area contributed by atoms with Crippen LogP contribution in [0.5, 0.6) is 5.75 Å². The first-order valence-electron chi connectivity index (χ1n) is 8.16. The number of hydrogen-bond acceptors (Lipinski definition) is 4. The van der Waals surface area contributed by atoms with Gasteiger partial charge in [0.05, 0.1) is 13.0 Å². The molecule has 1 aliphatic carbocycles. The number of nitrogens with zero attached hydrogens (tertiary/aromatic N) is 1. The molecule has 5 heteroatoms. The molecule has 0 saturated heterocycles. The standard InChI is InChI=1S/C18H25NO4/c1-4-22-18(21)9-10-19(15-7-8-15)17(20)12-23-16-11-13(2)5-6-14(16)3/h5-6,11,15H,4,7-10,12H2,1-3H3. The zero-order valence-corrected chi connectivity index (χ0v) is 14.1. The molecule has 0 heterocycles. The monoisotopic (exact) mass is 319 g/mol. The summed E-state index contributed by atoms with van der Waals surface area (Å²) in [6.07, 6.45) is 2.23. The Bertz CT molecular complexity index is 566. The number of amides is 1. The molecule has 0 aliphatic heterocycles. The summed E-state index contributed by atoms with van der Waals surface area (Å²) in [6.45, 7) is 6.50. The lowest BCUT2D eigenvalue weighted by molar-refractivity contribution is -0.144. The number of carbonyl (C=O) groups excluding carboxylic acids is 2. The number of aryl methyl sites for hydroxylation is 2. The zero-order valence-electron chi connectivity index (χ0n) is 14.1. The van der Waals surface area contributed by atoms with Crippen molar-refractivity contribution < 1.29 is 19.1 Å². The van der Waals surface area contributed by atoms with Gasteiger partial charge in [-0.3, -0.25) is 9.59 Å². The molecule has 0 spiro atoms. The molecular formula is C18H25NO4. The van der Waals surface area contributed by atoms with E-state index in [1.54, 1.807) is 11.8 Å². The van der Waals surface area contributed by atoms with E-state index in [9.17, 15) is 9.59 Å². The number of carbonyl (C=O) groups is 2. The molecule has 5 nitrogen and oxygen atoms in total. The van der Waals surface area contributed by atoms with E-state index in [2.05, 4.69) is 0 Å². The van der Waals surface area contributed by atoms with Gasteiger partial charge in [-0.1, -0.05) is 12.1 Å². The van der Waals surface area contributed by atoms with Gasteiger partial charge in [-0.2, -0.15) is 0 Å². The smallest absolute Gasteiger partial charge is 0.307 e. The highest BCUT2D eigenvalue weighted by molar-refractivity contribution is 5.79. The lowest BCUT2D eigenvalue weighted by Crippen LogP contribution is -2.38. The van der Waals surface area contributed by atoms with Crippen molar-refractivity contribution in [2.45, 2.75) is 46.1 Å². The van der Waals surface area contributed by atoms with Crippen molar-refractivity contribution in [2.24, 2.45) is 0 Å². The maximum atomic E-state index is 12.4. The van der Waals surface area contributed by atoms with Crippen LogP contribution in [0, 0.1) is 13.8 Å². The van der Waals surface area contributed by atoms with Crippen LogP contribution in [0.1, 0.15) is 37.3 Å². The van der Waals surface area contributed by atoms with Crippen LogP contribution in [-0.2, 0) is 14.3 Å². The van der Waals surface area contributed by atoms with Gasteiger partial charge in [0.1, 0.15) is 5.75 Å². The van der Waals surface area contributed by atoms with E-state index in [1.807, 2.05) is 32.0 Å². The summed E-state index contributed by atoms with van der Waals surface area (Å²) in [4.78, 5) is 25.6. The Morgan fingerprint density at radius 1 is 1.26 bits per heavy atom. The molecule has 23 heavy (non-hydrogen) atoms. The topological polar surface area (TPSA) is 55.8 Å². The second kappa shape index (κ2) is 7.99.